The molecule has 13 heteroatoms. The summed E-state index contributed by atoms with van der Waals surface area (Å²) in [5, 5.41) is 3.02. The third-order valence-corrected chi connectivity index (χ3v) is 9.05. The predicted molar refractivity (Wildman–Crippen MR) is 140 cm³/mol. The first-order valence-corrected chi connectivity index (χ1v) is 14.7. The van der Waals surface area contributed by atoms with Crippen LogP contribution in [0.5, 0.6) is 5.88 Å². The average Bonchev–Trinajstić information content (AvgIpc) is 3.42. The Morgan fingerprint density at radius 2 is 2.03 bits per heavy atom. The van der Waals surface area contributed by atoms with Crippen molar-refractivity contribution in [3.8, 4) is 16.5 Å². The highest BCUT2D eigenvalue weighted by molar-refractivity contribution is 7.93. The summed E-state index contributed by atoms with van der Waals surface area (Å²) in [6, 6.07) is 2.88. The number of thiazole rings is 1. The zero-order valence-corrected chi connectivity index (χ0v) is 22.1. The molecule has 4 heterocycles. The number of carbonyl (C=O) groups excluding carboxylic acids is 1. The SMILES string of the molecule is CCOc1cncc(-c2cnc(C(=O)NC(CN3CCCC3)c3cc(NS(=O)(=O)C4CC4)ccn3)s2)n1. The van der Waals surface area contributed by atoms with Crippen LogP contribution < -0.4 is 14.8 Å². The van der Waals surface area contributed by atoms with E-state index in [1.54, 1.807) is 30.7 Å². The second kappa shape index (κ2) is 11.1. The summed E-state index contributed by atoms with van der Waals surface area (Å²) in [6.45, 7) is 4.80. The highest BCUT2D eigenvalue weighted by atomic mass is 32.2. The van der Waals surface area contributed by atoms with E-state index in [9.17, 15) is 13.2 Å². The van der Waals surface area contributed by atoms with E-state index in [2.05, 4.69) is 34.9 Å². The maximum atomic E-state index is 13.2. The minimum Gasteiger partial charge on any atom is -0.477 e. The zero-order chi connectivity index (χ0) is 25.8. The first-order chi connectivity index (χ1) is 17.9. The fourth-order valence-corrected chi connectivity index (χ4v) is 6.32. The molecule has 2 aliphatic rings. The molecule has 11 nitrogen and oxygen atoms in total. The number of aromatic nitrogens is 4. The van der Waals surface area contributed by atoms with Gasteiger partial charge in [-0.15, -0.1) is 11.3 Å². The van der Waals surface area contributed by atoms with Crippen molar-refractivity contribution < 1.29 is 17.9 Å². The van der Waals surface area contributed by atoms with Gasteiger partial charge < -0.3 is 15.0 Å². The van der Waals surface area contributed by atoms with Gasteiger partial charge in [-0.25, -0.2) is 18.4 Å². The number of likely N-dealkylation sites (tertiary alicyclic amines) is 1. The second-order valence-corrected chi connectivity index (χ2v) is 12.0. The Balaban J connectivity index is 1.34. The van der Waals surface area contributed by atoms with Gasteiger partial charge in [0, 0.05) is 18.9 Å². The van der Waals surface area contributed by atoms with E-state index >= 15 is 0 Å². The lowest BCUT2D eigenvalue weighted by atomic mass is 10.1. The van der Waals surface area contributed by atoms with Gasteiger partial charge in [-0.2, -0.15) is 0 Å². The second-order valence-electron chi connectivity index (χ2n) is 9.05. The van der Waals surface area contributed by atoms with Crippen LogP contribution >= 0.6 is 11.3 Å². The molecule has 1 saturated heterocycles. The molecule has 0 bridgehead atoms. The predicted octanol–water partition coefficient (Wildman–Crippen LogP) is 2.86. The molecule has 2 fully saturated rings. The standard InChI is InChI=1S/C24H29N7O4S2/c1-2-35-22-14-25-12-19(28-22)21-13-27-24(36-21)23(32)29-20(15-31-9-3-4-10-31)18-11-16(7-8-26-18)30-37(33,34)17-5-6-17/h7-8,11-14,17,20H,2-6,9-10,15H2,1H3,(H,26,30)(H,29,32). The summed E-state index contributed by atoms with van der Waals surface area (Å²) in [5.74, 6) is 0.0773. The molecule has 1 unspecified atom stereocenters. The lowest BCUT2D eigenvalue weighted by molar-refractivity contribution is 0.0925. The Kier molecular flexibility index (Phi) is 7.63. The smallest absolute Gasteiger partial charge is 0.280 e. The third kappa shape index (κ3) is 6.40. The lowest BCUT2D eigenvalue weighted by Crippen LogP contribution is -2.37. The van der Waals surface area contributed by atoms with Gasteiger partial charge in [-0.1, -0.05) is 0 Å². The number of hydrogen-bond donors (Lipinski definition) is 2. The van der Waals surface area contributed by atoms with Crippen LogP contribution in [0.3, 0.4) is 0 Å². The van der Waals surface area contributed by atoms with Gasteiger partial charge in [0.1, 0.15) is 5.69 Å². The first kappa shape index (κ1) is 25.5. The lowest BCUT2D eigenvalue weighted by Gasteiger charge is -2.24. The molecular weight excluding hydrogens is 514 g/mol. The van der Waals surface area contributed by atoms with Gasteiger partial charge in [0.25, 0.3) is 5.91 Å². The molecule has 37 heavy (non-hydrogen) atoms. The Morgan fingerprint density at radius 3 is 2.78 bits per heavy atom. The largest absolute Gasteiger partial charge is 0.477 e. The number of sulfonamides is 1. The van der Waals surface area contributed by atoms with Gasteiger partial charge in [0.15, 0.2) is 5.01 Å². The van der Waals surface area contributed by atoms with E-state index < -0.39 is 16.1 Å². The number of hydrogen-bond acceptors (Lipinski definition) is 10. The summed E-state index contributed by atoms with van der Waals surface area (Å²) in [4.78, 5) is 33.6. The van der Waals surface area contributed by atoms with E-state index in [1.165, 1.54) is 17.5 Å². The molecule has 1 aliphatic carbocycles. The van der Waals surface area contributed by atoms with Crippen molar-refractivity contribution in [1.29, 1.82) is 0 Å². The van der Waals surface area contributed by atoms with E-state index in [1.807, 2.05) is 6.92 Å². The van der Waals surface area contributed by atoms with Crippen LogP contribution in [0.1, 0.15) is 54.1 Å². The van der Waals surface area contributed by atoms with Crippen LogP contribution in [-0.2, 0) is 10.0 Å². The molecule has 196 valence electrons. The highest BCUT2D eigenvalue weighted by Crippen LogP contribution is 2.30. The summed E-state index contributed by atoms with van der Waals surface area (Å²) >= 11 is 1.22. The molecule has 0 spiro atoms. The number of nitrogens with one attached hydrogen (secondary N) is 2. The van der Waals surface area contributed by atoms with Crippen molar-refractivity contribution in [2.75, 3.05) is 31.0 Å². The van der Waals surface area contributed by atoms with Crippen LogP contribution in [0.25, 0.3) is 10.6 Å². The number of pyridine rings is 1. The van der Waals surface area contributed by atoms with Crippen LogP contribution in [0.4, 0.5) is 5.69 Å². The van der Waals surface area contributed by atoms with E-state index in [0.29, 0.717) is 53.8 Å². The van der Waals surface area contributed by atoms with E-state index in [-0.39, 0.29) is 16.2 Å². The fourth-order valence-electron chi connectivity index (χ4n) is 4.17. The summed E-state index contributed by atoms with van der Waals surface area (Å²) in [6.07, 6.45) is 9.87. The molecule has 3 aromatic rings. The number of anilines is 1. The van der Waals surface area contributed by atoms with Crippen LogP contribution in [-0.4, -0.2) is 70.7 Å². The molecule has 1 aliphatic heterocycles. The summed E-state index contributed by atoms with van der Waals surface area (Å²) < 4.78 is 32.9. The first-order valence-electron chi connectivity index (χ1n) is 12.3. The Hall–Kier alpha value is -3.16. The number of carbonyl (C=O) groups is 1. The molecule has 1 saturated carbocycles. The van der Waals surface area contributed by atoms with Gasteiger partial charge in [-0.05, 0) is 57.8 Å². The van der Waals surface area contributed by atoms with Crippen LogP contribution in [0.15, 0.2) is 36.9 Å². The molecule has 3 aromatic heterocycles. The normalized spacial score (nSPS) is 16.9. The number of ether oxygens (including phenoxy) is 1. The van der Waals surface area contributed by atoms with Crippen molar-refractivity contribution in [3.05, 3.63) is 47.6 Å². The topological polar surface area (TPSA) is 139 Å². The molecule has 1 atom stereocenters. The van der Waals surface area contributed by atoms with Gasteiger partial charge in [0.2, 0.25) is 15.9 Å². The van der Waals surface area contributed by atoms with Crippen molar-refractivity contribution in [2.45, 2.75) is 43.9 Å². The average molecular weight is 544 g/mol. The van der Waals surface area contributed by atoms with Crippen molar-refractivity contribution in [3.63, 3.8) is 0 Å². The van der Waals surface area contributed by atoms with Crippen LogP contribution in [0.2, 0.25) is 0 Å². The minimum absolute atomic E-state index is 0.288. The summed E-state index contributed by atoms with van der Waals surface area (Å²) in [5.41, 5.74) is 1.61. The molecule has 0 radical (unpaired) electrons. The number of rotatable bonds is 11. The fraction of sp³-hybridized carbons (Fsp3) is 0.458. The van der Waals surface area contributed by atoms with Crippen molar-refractivity contribution in [2.24, 2.45) is 0 Å². The van der Waals surface area contributed by atoms with Gasteiger partial charge in [0.05, 0.1) is 46.6 Å². The van der Waals surface area contributed by atoms with Crippen molar-refractivity contribution >= 4 is 33.0 Å². The van der Waals surface area contributed by atoms with Gasteiger partial charge in [-0.3, -0.25) is 19.5 Å². The molecular formula is C24H29N7O4S2. The molecule has 1 amide bonds. The number of amides is 1. The maximum absolute atomic E-state index is 13.2. The van der Waals surface area contributed by atoms with Crippen LogP contribution in [0, 0.1) is 0 Å². The molecule has 5 rings (SSSR count). The molecule has 2 N–H and O–H groups in total. The summed E-state index contributed by atoms with van der Waals surface area (Å²) in [7, 11) is -3.41. The van der Waals surface area contributed by atoms with E-state index in [4.69, 9.17) is 4.74 Å². The molecule has 0 aromatic carbocycles. The maximum Gasteiger partial charge on any atom is 0.280 e. The van der Waals surface area contributed by atoms with Crippen molar-refractivity contribution in [1.82, 2.24) is 30.2 Å². The van der Waals surface area contributed by atoms with E-state index in [0.717, 1.165) is 25.9 Å². The Bertz CT molecular complexity index is 1350. The minimum atomic E-state index is -3.41. The highest BCUT2D eigenvalue weighted by Gasteiger charge is 2.36. The third-order valence-electron chi connectivity index (χ3n) is 6.16. The Labute approximate surface area is 219 Å². The quantitative estimate of drug-likeness (QED) is 0.374. The number of nitrogens with zero attached hydrogens (tertiary/aromatic N) is 5. The van der Waals surface area contributed by atoms with Gasteiger partial charge >= 0.3 is 0 Å². The Morgan fingerprint density at radius 1 is 1.22 bits per heavy atom. The zero-order valence-electron chi connectivity index (χ0n) is 20.5. The monoisotopic (exact) mass is 543 g/mol.